The molecule has 6 heteroatoms. The Labute approximate surface area is 129 Å². The number of quaternary nitrogens is 1. The molecule has 0 aliphatic carbocycles. The molecule has 1 aromatic heterocycles. The minimum absolute atomic E-state index is 0.211. The predicted molar refractivity (Wildman–Crippen MR) is 83.5 cm³/mol. The summed E-state index contributed by atoms with van der Waals surface area (Å²) < 4.78 is 0. The Bertz CT molecular complexity index is 513. The zero-order chi connectivity index (χ0) is 15.4. The van der Waals surface area contributed by atoms with Crippen LogP contribution in [-0.4, -0.2) is 31.6 Å². The highest BCUT2D eigenvalue weighted by Gasteiger charge is 2.29. The van der Waals surface area contributed by atoms with Gasteiger partial charge in [-0.15, -0.1) is 11.3 Å². The average molecular weight is 310 g/mol. The van der Waals surface area contributed by atoms with Crippen molar-refractivity contribution >= 4 is 23.3 Å². The molecule has 2 heterocycles. The van der Waals surface area contributed by atoms with Crippen molar-refractivity contribution < 1.29 is 14.5 Å². The molecule has 1 aliphatic heterocycles. The van der Waals surface area contributed by atoms with Gasteiger partial charge in [-0.05, 0) is 24.3 Å². The third kappa shape index (κ3) is 4.28. The molecule has 21 heavy (non-hydrogen) atoms. The fourth-order valence-electron chi connectivity index (χ4n) is 2.61. The first-order chi connectivity index (χ1) is 9.97. The summed E-state index contributed by atoms with van der Waals surface area (Å²) in [5, 5.41) is 7.22. The second-order valence-electron chi connectivity index (χ2n) is 6.01. The van der Waals surface area contributed by atoms with Crippen LogP contribution in [0, 0.1) is 5.92 Å². The Morgan fingerprint density at radius 2 is 2.24 bits per heavy atom. The fraction of sp³-hybridized carbons (Fsp3) is 0.600. The lowest BCUT2D eigenvalue weighted by molar-refractivity contribution is -0.924. The third-order valence-electron chi connectivity index (χ3n) is 3.84. The summed E-state index contributed by atoms with van der Waals surface area (Å²) in [6.07, 6.45) is 1.01. The first-order valence-corrected chi connectivity index (χ1v) is 8.34. The van der Waals surface area contributed by atoms with E-state index in [0.717, 1.165) is 13.0 Å². The van der Waals surface area contributed by atoms with Crippen LogP contribution < -0.4 is 15.5 Å². The Hall–Kier alpha value is -1.40. The van der Waals surface area contributed by atoms with E-state index in [9.17, 15) is 9.59 Å². The van der Waals surface area contributed by atoms with Crippen molar-refractivity contribution in [3.8, 4) is 0 Å². The number of hydrogen-bond acceptors (Lipinski definition) is 3. The fourth-order valence-corrected chi connectivity index (χ4v) is 3.59. The van der Waals surface area contributed by atoms with E-state index in [0.29, 0.717) is 25.0 Å². The molecule has 3 amide bonds. The van der Waals surface area contributed by atoms with Crippen LogP contribution >= 0.6 is 11.3 Å². The first-order valence-electron chi connectivity index (χ1n) is 7.46. The lowest BCUT2D eigenvalue weighted by atomic mass is 10.0. The number of urea groups is 1. The Kier molecular flexibility index (Phi) is 5.36. The summed E-state index contributed by atoms with van der Waals surface area (Å²) >= 11 is 1.79. The molecule has 2 atom stereocenters. The number of carbonyl (C=O) groups is 2. The molecule has 1 aromatic rings. The molecule has 5 nitrogen and oxygen atoms in total. The van der Waals surface area contributed by atoms with Gasteiger partial charge in [-0.3, -0.25) is 10.1 Å². The lowest BCUT2D eigenvalue weighted by Gasteiger charge is -2.29. The highest BCUT2D eigenvalue weighted by molar-refractivity contribution is 7.10. The minimum atomic E-state index is -0.394. The topological polar surface area (TPSA) is 62.6 Å². The van der Waals surface area contributed by atoms with Gasteiger partial charge in [0.2, 0.25) is 0 Å². The molecule has 116 valence electrons. The van der Waals surface area contributed by atoms with Crippen LogP contribution in [0.3, 0.4) is 0 Å². The number of imide groups is 1. The van der Waals surface area contributed by atoms with E-state index in [1.165, 1.54) is 15.3 Å². The van der Waals surface area contributed by atoms with Gasteiger partial charge < -0.3 is 10.2 Å². The molecule has 0 saturated heterocycles. The van der Waals surface area contributed by atoms with Crippen molar-refractivity contribution in [2.24, 2.45) is 5.92 Å². The van der Waals surface area contributed by atoms with Crippen molar-refractivity contribution in [1.29, 1.82) is 0 Å². The normalized spacial score (nSPS) is 21.0. The lowest BCUT2D eigenvalue weighted by Crippen LogP contribution is -3.14. The van der Waals surface area contributed by atoms with Gasteiger partial charge in [0, 0.05) is 23.4 Å². The van der Waals surface area contributed by atoms with Crippen LogP contribution in [0.15, 0.2) is 11.4 Å². The largest absolute Gasteiger partial charge is 0.338 e. The van der Waals surface area contributed by atoms with Crippen molar-refractivity contribution in [3.63, 3.8) is 0 Å². The summed E-state index contributed by atoms with van der Waals surface area (Å²) in [6.45, 7) is 8.03. The molecular formula is C15H24N3O2S+. The van der Waals surface area contributed by atoms with Crippen molar-refractivity contribution in [3.05, 3.63) is 21.9 Å². The summed E-state index contributed by atoms with van der Waals surface area (Å²) in [4.78, 5) is 26.2. The van der Waals surface area contributed by atoms with E-state index in [4.69, 9.17) is 0 Å². The van der Waals surface area contributed by atoms with Gasteiger partial charge in [-0.2, -0.15) is 0 Å². The van der Waals surface area contributed by atoms with Crippen LogP contribution in [0.2, 0.25) is 0 Å². The second kappa shape index (κ2) is 7.04. The molecule has 1 unspecified atom stereocenters. The standard InChI is InChI=1S/C15H23N3O2S/c1-10(2)8-16-15(20)17-14(19)9-18-6-4-13-12(11(18)3)5-7-21-13/h5,7,10-11H,4,6,8-9H2,1-3H3,(H2,16,17,19,20)/p+1/t11-/m1/s1. The Morgan fingerprint density at radius 1 is 1.48 bits per heavy atom. The van der Waals surface area contributed by atoms with E-state index in [-0.39, 0.29) is 5.91 Å². The molecule has 0 saturated carbocycles. The SMILES string of the molecule is CC(C)CNC(=O)NC(=O)C[NH+]1CCc2sccc2[C@H]1C. The van der Waals surface area contributed by atoms with E-state index in [2.05, 4.69) is 29.0 Å². The number of nitrogens with one attached hydrogen (secondary N) is 3. The van der Waals surface area contributed by atoms with Gasteiger partial charge in [0.1, 0.15) is 6.04 Å². The molecular weight excluding hydrogens is 286 g/mol. The monoisotopic (exact) mass is 310 g/mol. The Morgan fingerprint density at radius 3 is 2.95 bits per heavy atom. The smallest absolute Gasteiger partial charge is 0.321 e. The number of rotatable bonds is 4. The number of hydrogen-bond donors (Lipinski definition) is 3. The molecule has 0 spiro atoms. The maximum absolute atomic E-state index is 12.0. The predicted octanol–water partition coefficient (Wildman–Crippen LogP) is 0.732. The van der Waals surface area contributed by atoms with Crippen LogP contribution in [-0.2, 0) is 11.2 Å². The molecule has 0 bridgehead atoms. The quantitative estimate of drug-likeness (QED) is 0.768. The summed E-state index contributed by atoms with van der Waals surface area (Å²) in [7, 11) is 0. The molecule has 0 aromatic carbocycles. The maximum Gasteiger partial charge on any atom is 0.321 e. The Balaban J connectivity index is 1.82. The van der Waals surface area contributed by atoms with Gasteiger partial charge in [0.15, 0.2) is 6.54 Å². The molecule has 3 N–H and O–H groups in total. The van der Waals surface area contributed by atoms with Crippen molar-refractivity contribution in [2.75, 3.05) is 19.6 Å². The van der Waals surface area contributed by atoms with Crippen LogP contribution in [0.1, 0.15) is 37.3 Å². The van der Waals surface area contributed by atoms with Gasteiger partial charge in [-0.1, -0.05) is 13.8 Å². The van der Waals surface area contributed by atoms with Gasteiger partial charge in [-0.25, -0.2) is 4.79 Å². The summed E-state index contributed by atoms with van der Waals surface area (Å²) in [6, 6.07) is 2.07. The molecule has 0 fully saturated rings. The number of carbonyl (C=O) groups excluding carboxylic acids is 2. The number of thiophene rings is 1. The molecule has 2 rings (SSSR count). The molecule has 1 aliphatic rings. The molecule has 0 radical (unpaired) electrons. The second-order valence-corrected chi connectivity index (χ2v) is 7.01. The zero-order valence-electron chi connectivity index (χ0n) is 12.9. The van der Waals surface area contributed by atoms with E-state index < -0.39 is 6.03 Å². The first kappa shape index (κ1) is 16.0. The maximum atomic E-state index is 12.0. The van der Waals surface area contributed by atoms with Crippen LogP contribution in [0.25, 0.3) is 0 Å². The summed E-state index contributed by atoms with van der Waals surface area (Å²) in [5.74, 6) is 0.160. The van der Waals surface area contributed by atoms with Gasteiger partial charge in [0.05, 0.1) is 6.54 Å². The summed E-state index contributed by atoms with van der Waals surface area (Å²) in [5.41, 5.74) is 1.35. The highest BCUT2D eigenvalue weighted by Crippen LogP contribution is 2.24. The van der Waals surface area contributed by atoms with Crippen LogP contribution in [0.4, 0.5) is 4.79 Å². The van der Waals surface area contributed by atoms with Gasteiger partial charge in [0.25, 0.3) is 5.91 Å². The number of fused-ring (bicyclic) bond motifs is 1. The highest BCUT2D eigenvalue weighted by atomic mass is 32.1. The van der Waals surface area contributed by atoms with E-state index in [1.807, 2.05) is 13.8 Å². The zero-order valence-corrected chi connectivity index (χ0v) is 13.7. The van der Waals surface area contributed by atoms with Gasteiger partial charge >= 0.3 is 6.03 Å². The van der Waals surface area contributed by atoms with E-state index >= 15 is 0 Å². The average Bonchev–Trinajstić information content (AvgIpc) is 2.89. The van der Waals surface area contributed by atoms with Crippen LogP contribution in [0.5, 0.6) is 0 Å². The van der Waals surface area contributed by atoms with E-state index in [1.54, 1.807) is 11.3 Å². The third-order valence-corrected chi connectivity index (χ3v) is 4.84. The van der Waals surface area contributed by atoms with Crippen molar-refractivity contribution in [2.45, 2.75) is 33.2 Å². The number of amides is 3. The van der Waals surface area contributed by atoms with Crippen molar-refractivity contribution in [1.82, 2.24) is 10.6 Å². The minimum Gasteiger partial charge on any atom is -0.338 e.